The fourth-order valence-electron chi connectivity index (χ4n) is 7.10. The smallest absolute Gasteiger partial charge is 0.411 e. The van der Waals surface area contributed by atoms with Crippen molar-refractivity contribution < 1.29 is 67.2 Å². The van der Waals surface area contributed by atoms with Crippen molar-refractivity contribution in [2.24, 2.45) is 0 Å². The van der Waals surface area contributed by atoms with E-state index in [2.05, 4.69) is 10.6 Å². The first-order valence-corrected chi connectivity index (χ1v) is 17.9. The number of carbonyl (C=O) groups is 3. The Kier molecular flexibility index (Phi) is 11.2. The van der Waals surface area contributed by atoms with E-state index in [-0.39, 0.29) is 80.5 Å². The SMILES string of the molecule is COc1cc(COC(=O)Nc2ccc3c(c2)Oc2cc(NC(=O)OCc4cc(OC)c(OC)cc4[N+](=O)[O-])ccc2C32OCc3cc(C(=O)O)ccc32)c([N+](=O)[O-])cc1OC. The summed E-state index contributed by atoms with van der Waals surface area (Å²) >= 11 is 0. The summed E-state index contributed by atoms with van der Waals surface area (Å²) in [6.07, 6.45) is -1.91. The maximum Gasteiger partial charge on any atom is 0.411 e. The predicted molar refractivity (Wildman–Crippen MR) is 211 cm³/mol. The summed E-state index contributed by atoms with van der Waals surface area (Å²) in [7, 11) is 5.37. The van der Waals surface area contributed by atoms with Gasteiger partial charge in [0.15, 0.2) is 28.6 Å². The Morgan fingerprint density at radius 1 is 0.656 bits per heavy atom. The molecule has 0 unspecified atom stereocenters. The van der Waals surface area contributed by atoms with Crippen LogP contribution in [0.1, 0.15) is 43.7 Å². The fourth-order valence-corrected chi connectivity index (χ4v) is 7.10. The van der Waals surface area contributed by atoms with Gasteiger partial charge in [0.25, 0.3) is 11.4 Å². The summed E-state index contributed by atoms with van der Waals surface area (Å²) < 4.78 is 44.4. The molecule has 314 valence electrons. The Morgan fingerprint density at radius 2 is 1.10 bits per heavy atom. The molecular weight excluding hydrogens is 804 g/mol. The molecule has 2 heterocycles. The molecule has 20 heteroatoms. The lowest BCUT2D eigenvalue weighted by molar-refractivity contribution is -0.386. The highest BCUT2D eigenvalue weighted by Crippen LogP contribution is 2.57. The van der Waals surface area contributed by atoms with Crippen LogP contribution in [-0.4, -0.2) is 61.5 Å². The Hall–Kier alpha value is -8.13. The number of hydrogen-bond acceptors (Lipinski definition) is 15. The van der Waals surface area contributed by atoms with Gasteiger partial charge < -0.3 is 43.0 Å². The maximum atomic E-state index is 13.0. The van der Waals surface area contributed by atoms with Gasteiger partial charge in [-0.15, -0.1) is 0 Å². The van der Waals surface area contributed by atoms with Crippen LogP contribution in [0.3, 0.4) is 0 Å². The summed E-state index contributed by atoms with van der Waals surface area (Å²) in [5.74, 6) is -0.0852. The third kappa shape index (κ3) is 7.77. The molecule has 61 heavy (non-hydrogen) atoms. The van der Waals surface area contributed by atoms with E-state index < -0.39 is 46.8 Å². The van der Waals surface area contributed by atoms with Gasteiger partial charge in [-0.25, -0.2) is 14.4 Å². The highest BCUT2D eigenvalue weighted by molar-refractivity contribution is 5.89. The third-order valence-corrected chi connectivity index (χ3v) is 9.89. The molecule has 7 rings (SSSR count). The summed E-state index contributed by atoms with van der Waals surface area (Å²) in [6.45, 7) is -0.960. The molecule has 2 aliphatic heterocycles. The average Bonchev–Trinajstić information content (AvgIpc) is 3.62. The highest BCUT2D eigenvalue weighted by Gasteiger charge is 2.50. The number of fused-ring (bicyclic) bond motifs is 6. The number of nitro benzene ring substituents is 2. The molecule has 0 bridgehead atoms. The Labute approximate surface area is 344 Å². The van der Waals surface area contributed by atoms with Gasteiger partial charge in [-0.1, -0.05) is 6.07 Å². The first kappa shape index (κ1) is 41.0. The zero-order valence-corrected chi connectivity index (χ0v) is 32.6. The van der Waals surface area contributed by atoms with E-state index in [4.69, 9.17) is 37.9 Å². The Balaban J connectivity index is 1.16. The van der Waals surface area contributed by atoms with E-state index in [9.17, 15) is 39.7 Å². The molecule has 5 aromatic carbocycles. The number of nitro groups is 2. The van der Waals surface area contributed by atoms with E-state index >= 15 is 0 Å². The van der Waals surface area contributed by atoms with Crippen LogP contribution in [0.5, 0.6) is 34.5 Å². The van der Waals surface area contributed by atoms with Crippen molar-refractivity contribution in [2.75, 3.05) is 39.1 Å². The largest absolute Gasteiger partial charge is 0.493 e. The van der Waals surface area contributed by atoms with Crippen LogP contribution in [0, 0.1) is 20.2 Å². The van der Waals surface area contributed by atoms with E-state index in [0.29, 0.717) is 22.3 Å². The number of nitrogens with zero attached hydrogens (tertiary/aromatic N) is 2. The van der Waals surface area contributed by atoms with E-state index in [1.807, 2.05) is 0 Å². The van der Waals surface area contributed by atoms with Crippen LogP contribution in [0.15, 0.2) is 78.9 Å². The van der Waals surface area contributed by atoms with Gasteiger partial charge in [0.05, 0.1) is 73.7 Å². The summed E-state index contributed by atoms with van der Waals surface area (Å²) in [6, 6.07) is 19.1. The molecule has 2 aliphatic rings. The van der Waals surface area contributed by atoms with Crippen molar-refractivity contribution in [1.82, 2.24) is 0 Å². The molecular formula is C41H34N4O16. The van der Waals surface area contributed by atoms with Crippen LogP contribution in [-0.2, 0) is 39.6 Å². The number of anilines is 2. The van der Waals surface area contributed by atoms with Crippen molar-refractivity contribution in [3.63, 3.8) is 0 Å². The molecule has 2 amide bonds. The molecule has 0 aliphatic carbocycles. The molecule has 0 aromatic heterocycles. The van der Waals surface area contributed by atoms with Crippen LogP contribution < -0.4 is 34.3 Å². The minimum absolute atomic E-state index is 0.0263. The molecule has 3 N–H and O–H groups in total. The number of aromatic carboxylic acids is 1. The number of carboxylic acid groups (broad SMARTS) is 1. The van der Waals surface area contributed by atoms with Crippen LogP contribution in [0.25, 0.3) is 0 Å². The molecule has 1 spiro atoms. The normalized spacial score (nSPS) is 12.7. The first-order chi connectivity index (χ1) is 29.3. The highest BCUT2D eigenvalue weighted by atomic mass is 16.6. The second-order valence-corrected chi connectivity index (χ2v) is 13.3. The summed E-state index contributed by atoms with van der Waals surface area (Å²) in [5.41, 5.74) is 0.716. The third-order valence-electron chi connectivity index (χ3n) is 9.89. The van der Waals surface area contributed by atoms with Crippen LogP contribution in [0.2, 0.25) is 0 Å². The van der Waals surface area contributed by atoms with Crippen LogP contribution >= 0.6 is 0 Å². The van der Waals surface area contributed by atoms with Gasteiger partial charge in [-0.3, -0.25) is 30.9 Å². The van der Waals surface area contributed by atoms with Crippen molar-refractivity contribution in [3.05, 3.63) is 138 Å². The summed E-state index contributed by atoms with van der Waals surface area (Å²) in [4.78, 5) is 60.2. The van der Waals surface area contributed by atoms with E-state index in [1.54, 1.807) is 30.3 Å². The number of hydrogen-bond donors (Lipinski definition) is 3. The monoisotopic (exact) mass is 838 g/mol. The van der Waals surface area contributed by atoms with Gasteiger partial charge in [0.1, 0.15) is 24.7 Å². The second-order valence-electron chi connectivity index (χ2n) is 13.3. The maximum absolute atomic E-state index is 13.0. The lowest BCUT2D eigenvalue weighted by atomic mass is 9.77. The van der Waals surface area contributed by atoms with E-state index in [0.717, 1.165) is 12.1 Å². The quantitative estimate of drug-likeness (QED) is 0.0759. The van der Waals surface area contributed by atoms with Crippen LogP contribution in [0.4, 0.5) is 32.3 Å². The van der Waals surface area contributed by atoms with Crippen molar-refractivity contribution >= 4 is 40.9 Å². The van der Waals surface area contributed by atoms with E-state index in [1.165, 1.54) is 64.8 Å². The lowest BCUT2D eigenvalue weighted by Gasteiger charge is -2.37. The predicted octanol–water partition coefficient (Wildman–Crippen LogP) is 7.66. The summed E-state index contributed by atoms with van der Waals surface area (Å²) in [5, 5.41) is 38.4. The van der Waals surface area contributed by atoms with Gasteiger partial charge in [-0.05, 0) is 59.7 Å². The Bertz CT molecular complexity index is 2490. The Morgan fingerprint density at radius 3 is 1.52 bits per heavy atom. The topological polar surface area (TPSA) is 256 Å². The number of methoxy groups -OCH3 is 4. The molecule has 0 fully saturated rings. The van der Waals surface area contributed by atoms with Gasteiger partial charge in [0, 0.05) is 34.6 Å². The molecule has 20 nitrogen and oxygen atoms in total. The van der Waals surface area contributed by atoms with Crippen molar-refractivity contribution in [3.8, 4) is 34.5 Å². The number of carbonyl (C=O) groups excluding carboxylic acids is 2. The number of amides is 2. The number of nitrogens with one attached hydrogen (secondary N) is 2. The molecule has 0 atom stereocenters. The molecule has 5 aromatic rings. The van der Waals surface area contributed by atoms with Gasteiger partial charge in [-0.2, -0.15) is 0 Å². The number of carboxylic acids is 1. The second kappa shape index (κ2) is 16.6. The average molecular weight is 839 g/mol. The minimum Gasteiger partial charge on any atom is -0.493 e. The van der Waals surface area contributed by atoms with Gasteiger partial charge in [0.2, 0.25) is 0 Å². The number of rotatable bonds is 13. The first-order valence-electron chi connectivity index (χ1n) is 17.9. The number of benzene rings is 5. The van der Waals surface area contributed by atoms with Crippen molar-refractivity contribution in [2.45, 2.75) is 25.4 Å². The molecule has 0 saturated carbocycles. The molecule has 0 radical (unpaired) electrons. The number of ether oxygens (including phenoxy) is 8. The molecule has 0 saturated heterocycles. The fraction of sp³-hybridized carbons (Fsp3) is 0.195. The van der Waals surface area contributed by atoms with Gasteiger partial charge >= 0.3 is 18.2 Å². The standard InChI is InChI=1S/C41H34N4O16/c1-54-34-12-23(30(44(50)51)16-36(34)56-3)18-58-39(48)42-25-6-9-28-32(14-25)61-33-15-26(7-10-29(33)41(28)27-8-5-21(38(46)47)11-22(27)20-60-41)43-40(49)59-19-24-13-35(55-2)37(57-4)17-31(24)45(52)53/h5-17H,18-20H2,1-4H3,(H,42,48)(H,43,49)(H,46,47). The zero-order valence-electron chi connectivity index (χ0n) is 32.6. The zero-order chi connectivity index (χ0) is 43.6. The minimum atomic E-state index is -1.34. The lowest BCUT2D eigenvalue weighted by Crippen LogP contribution is -2.32. The van der Waals surface area contributed by atoms with Crippen molar-refractivity contribution in [1.29, 1.82) is 0 Å².